The molecule has 2 rings (SSSR count). The van der Waals surface area contributed by atoms with Gasteiger partial charge in [0.25, 0.3) is 0 Å². The van der Waals surface area contributed by atoms with Crippen molar-refractivity contribution in [3.63, 3.8) is 0 Å². The number of nitrogens with zero attached hydrogens (tertiary/aromatic N) is 3. The number of aliphatic imine (C=N–C) groups is 1. The molecule has 1 saturated heterocycles. The van der Waals surface area contributed by atoms with Crippen molar-refractivity contribution in [3.05, 3.63) is 17.3 Å². The lowest BCUT2D eigenvalue weighted by molar-refractivity contribution is 0.0487. The summed E-state index contributed by atoms with van der Waals surface area (Å²) in [7, 11) is 0. The van der Waals surface area contributed by atoms with Crippen molar-refractivity contribution in [2.75, 3.05) is 59.2 Å². The third kappa shape index (κ3) is 10.5. The predicted octanol–water partition coefficient (Wildman–Crippen LogP) is 2.89. The number of oxazole rings is 1. The first-order chi connectivity index (χ1) is 15.1. The van der Waals surface area contributed by atoms with Crippen LogP contribution in [0.25, 0.3) is 0 Å². The van der Waals surface area contributed by atoms with E-state index in [1.54, 1.807) is 0 Å². The van der Waals surface area contributed by atoms with Gasteiger partial charge in [-0.05, 0) is 59.0 Å². The molecular weight excluding hydrogens is 394 g/mol. The Morgan fingerprint density at radius 3 is 2.48 bits per heavy atom. The molecule has 0 aromatic carbocycles. The molecule has 2 N–H and O–H groups in total. The SMILES string of the molecule is CCCCOCCOCCNC(=NCC1CCN(Cc2nc(C)c(C)o2)CC1)NCC. The topological polar surface area (TPSA) is 84.2 Å². The second-order valence-electron chi connectivity index (χ2n) is 8.19. The van der Waals surface area contributed by atoms with Gasteiger partial charge in [-0.1, -0.05) is 13.3 Å². The monoisotopic (exact) mass is 437 g/mol. The average molecular weight is 438 g/mol. The number of hydrogen-bond acceptors (Lipinski definition) is 6. The maximum Gasteiger partial charge on any atom is 0.208 e. The fourth-order valence-electron chi connectivity index (χ4n) is 3.50. The van der Waals surface area contributed by atoms with Crippen molar-refractivity contribution in [2.24, 2.45) is 10.9 Å². The molecule has 0 amide bonds. The lowest BCUT2D eigenvalue weighted by atomic mass is 9.97. The summed E-state index contributed by atoms with van der Waals surface area (Å²) in [5.41, 5.74) is 0.994. The van der Waals surface area contributed by atoms with E-state index in [1.165, 1.54) is 0 Å². The number of piperidine rings is 1. The molecular formula is C23H43N5O3. The van der Waals surface area contributed by atoms with Crippen LogP contribution in [0.5, 0.6) is 0 Å². The van der Waals surface area contributed by atoms with Gasteiger partial charge >= 0.3 is 0 Å². The zero-order valence-electron chi connectivity index (χ0n) is 20.0. The molecule has 0 saturated carbocycles. The van der Waals surface area contributed by atoms with E-state index in [-0.39, 0.29) is 0 Å². The number of likely N-dealkylation sites (tertiary alicyclic amines) is 1. The zero-order chi connectivity index (χ0) is 22.3. The Kier molecular flexibility index (Phi) is 12.6. The number of ether oxygens (including phenoxy) is 2. The predicted molar refractivity (Wildman–Crippen MR) is 125 cm³/mol. The van der Waals surface area contributed by atoms with Gasteiger partial charge < -0.3 is 24.5 Å². The number of guanidine groups is 1. The second kappa shape index (κ2) is 15.2. The fourth-order valence-corrected chi connectivity index (χ4v) is 3.50. The van der Waals surface area contributed by atoms with Crippen LogP contribution >= 0.6 is 0 Å². The van der Waals surface area contributed by atoms with E-state index >= 15 is 0 Å². The maximum absolute atomic E-state index is 5.73. The van der Waals surface area contributed by atoms with Crippen LogP contribution in [0.2, 0.25) is 0 Å². The van der Waals surface area contributed by atoms with Gasteiger partial charge in [-0.2, -0.15) is 0 Å². The van der Waals surface area contributed by atoms with Gasteiger partial charge in [0.15, 0.2) is 5.96 Å². The average Bonchev–Trinajstić information content (AvgIpc) is 3.08. The summed E-state index contributed by atoms with van der Waals surface area (Å²) < 4.78 is 16.8. The minimum absolute atomic E-state index is 0.622. The van der Waals surface area contributed by atoms with E-state index in [9.17, 15) is 0 Å². The van der Waals surface area contributed by atoms with E-state index < -0.39 is 0 Å². The molecule has 178 valence electrons. The van der Waals surface area contributed by atoms with Crippen LogP contribution in [0.3, 0.4) is 0 Å². The highest BCUT2D eigenvalue weighted by Crippen LogP contribution is 2.20. The quantitative estimate of drug-likeness (QED) is 0.263. The van der Waals surface area contributed by atoms with Gasteiger partial charge in [-0.15, -0.1) is 0 Å². The molecule has 0 spiro atoms. The Morgan fingerprint density at radius 1 is 1.10 bits per heavy atom. The summed E-state index contributed by atoms with van der Waals surface area (Å²) in [6.45, 7) is 16.4. The third-order valence-electron chi connectivity index (χ3n) is 5.54. The molecule has 31 heavy (non-hydrogen) atoms. The van der Waals surface area contributed by atoms with Gasteiger partial charge in [-0.3, -0.25) is 9.89 Å². The first-order valence-electron chi connectivity index (χ1n) is 11.9. The molecule has 8 heteroatoms. The number of unbranched alkanes of at least 4 members (excludes halogenated alkanes) is 1. The molecule has 0 aliphatic carbocycles. The van der Waals surface area contributed by atoms with Crippen LogP contribution in [0.15, 0.2) is 9.41 Å². The largest absolute Gasteiger partial charge is 0.444 e. The number of nitrogens with one attached hydrogen (secondary N) is 2. The first kappa shape index (κ1) is 25.6. The van der Waals surface area contributed by atoms with E-state index in [1.807, 2.05) is 13.8 Å². The molecule has 2 heterocycles. The minimum Gasteiger partial charge on any atom is -0.444 e. The van der Waals surface area contributed by atoms with Gasteiger partial charge in [0.05, 0.1) is 32.1 Å². The molecule has 8 nitrogen and oxygen atoms in total. The summed E-state index contributed by atoms with van der Waals surface area (Å²) in [6, 6.07) is 0. The number of hydrogen-bond donors (Lipinski definition) is 2. The summed E-state index contributed by atoms with van der Waals surface area (Å²) >= 11 is 0. The maximum atomic E-state index is 5.73. The van der Waals surface area contributed by atoms with Crippen LogP contribution in [-0.4, -0.2) is 75.0 Å². The van der Waals surface area contributed by atoms with Crippen LogP contribution < -0.4 is 10.6 Å². The van der Waals surface area contributed by atoms with Gasteiger partial charge in [0.1, 0.15) is 5.76 Å². The van der Waals surface area contributed by atoms with E-state index in [2.05, 4.69) is 34.4 Å². The Hall–Kier alpha value is -1.64. The van der Waals surface area contributed by atoms with Gasteiger partial charge in [-0.25, -0.2) is 4.98 Å². The van der Waals surface area contributed by atoms with E-state index in [0.717, 1.165) is 94.9 Å². The molecule has 1 aliphatic rings. The molecule has 0 radical (unpaired) electrons. The van der Waals surface area contributed by atoms with Crippen molar-refractivity contribution in [2.45, 2.75) is 59.9 Å². The highest BCUT2D eigenvalue weighted by atomic mass is 16.5. The normalized spacial score (nSPS) is 16.1. The van der Waals surface area contributed by atoms with Gasteiger partial charge in [0.2, 0.25) is 5.89 Å². The van der Waals surface area contributed by atoms with Crippen LogP contribution in [0.4, 0.5) is 0 Å². The van der Waals surface area contributed by atoms with Crippen LogP contribution in [0.1, 0.15) is 56.9 Å². The second-order valence-corrected chi connectivity index (χ2v) is 8.19. The molecule has 1 aromatic heterocycles. The summed E-state index contributed by atoms with van der Waals surface area (Å²) in [6.07, 6.45) is 4.59. The lowest BCUT2D eigenvalue weighted by Crippen LogP contribution is -2.40. The molecule has 1 aliphatic heterocycles. The van der Waals surface area contributed by atoms with Crippen LogP contribution in [-0.2, 0) is 16.0 Å². The lowest BCUT2D eigenvalue weighted by Gasteiger charge is -2.30. The highest BCUT2D eigenvalue weighted by Gasteiger charge is 2.20. The van der Waals surface area contributed by atoms with Crippen molar-refractivity contribution in [1.82, 2.24) is 20.5 Å². The Morgan fingerprint density at radius 2 is 1.84 bits per heavy atom. The Balaban J connectivity index is 1.60. The van der Waals surface area contributed by atoms with E-state index in [4.69, 9.17) is 18.9 Å². The van der Waals surface area contributed by atoms with E-state index in [0.29, 0.717) is 25.7 Å². The summed E-state index contributed by atoms with van der Waals surface area (Å²) in [5.74, 6) is 3.25. The smallest absolute Gasteiger partial charge is 0.208 e. The standard InChI is InChI=1S/C23H43N5O3/c1-5-7-13-29-15-16-30-14-10-25-23(24-6-2)26-17-21-8-11-28(12-9-21)18-22-27-19(3)20(4)31-22/h21H,5-18H2,1-4H3,(H2,24,25,26). The van der Waals surface area contributed by atoms with Crippen molar-refractivity contribution >= 4 is 5.96 Å². The van der Waals surface area contributed by atoms with Crippen molar-refractivity contribution in [1.29, 1.82) is 0 Å². The number of rotatable bonds is 14. The first-order valence-corrected chi connectivity index (χ1v) is 11.9. The van der Waals surface area contributed by atoms with Gasteiger partial charge in [0, 0.05) is 26.2 Å². The molecule has 0 bridgehead atoms. The number of aryl methyl sites for hydroxylation is 2. The molecule has 1 aromatic rings. The third-order valence-corrected chi connectivity index (χ3v) is 5.54. The summed E-state index contributed by atoms with van der Waals surface area (Å²) in [5, 5.41) is 6.69. The number of aromatic nitrogens is 1. The summed E-state index contributed by atoms with van der Waals surface area (Å²) in [4.78, 5) is 11.7. The zero-order valence-corrected chi connectivity index (χ0v) is 20.0. The molecule has 0 atom stereocenters. The fraction of sp³-hybridized carbons (Fsp3) is 0.826. The van der Waals surface area contributed by atoms with Crippen LogP contribution in [0, 0.1) is 19.8 Å². The minimum atomic E-state index is 0.622. The Bertz CT molecular complexity index is 607. The van der Waals surface area contributed by atoms with Crippen molar-refractivity contribution in [3.8, 4) is 0 Å². The molecule has 0 unspecified atom stereocenters. The molecule has 1 fully saturated rings. The highest BCUT2D eigenvalue weighted by molar-refractivity contribution is 5.79. The van der Waals surface area contributed by atoms with Crippen molar-refractivity contribution < 1.29 is 13.9 Å². The Labute approximate surface area is 188 Å².